The molecule has 0 unspecified atom stereocenters. The second-order valence-corrected chi connectivity index (χ2v) is 6.31. The van der Waals surface area contributed by atoms with E-state index in [1.807, 2.05) is 61.5 Å². The third-order valence-electron chi connectivity index (χ3n) is 4.12. The van der Waals surface area contributed by atoms with Crippen LogP contribution < -0.4 is 20.1 Å². The maximum Gasteiger partial charge on any atom is 0.198 e. The van der Waals surface area contributed by atoms with Gasteiger partial charge in [0.25, 0.3) is 0 Å². The van der Waals surface area contributed by atoms with Crippen LogP contribution in [0.2, 0.25) is 0 Å². The lowest BCUT2D eigenvalue weighted by molar-refractivity contribution is 0.293. The first-order chi connectivity index (χ1) is 13.6. The van der Waals surface area contributed by atoms with Gasteiger partial charge in [0.05, 0.1) is 11.4 Å². The van der Waals surface area contributed by atoms with Crippen LogP contribution in [0.25, 0.3) is 11.1 Å². The number of nitrogens with two attached hydrogens (primary N) is 1. The summed E-state index contributed by atoms with van der Waals surface area (Å²) in [6.45, 7) is 0.199. The molecule has 6 nitrogen and oxygen atoms in total. The predicted molar refractivity (Wildman–Crippen MR) is 113 cm³/mol. The lowest BCUT2D eigenvalue weighted by Crippen LogP contribution is -2.11. The van der Waals surface area contributed by atoms with Gasteiger partial charge in [0.15, 0.2) is 13.5 Å². The molecule has 144 valence electrons. The van der Waals surface area contributed by atoms with Crippen LogP contribution in [0, 0.1) is 0 Å². The number of hydrogen-bond donors (Lipinski definition) is 1. The van der Waals surface area contributed by atoms with Gasteiger partial charge in [-0.1, -0.05) is 48.5 Å². The van der Waals surface area contributed by atoms with E-state index in [1.165, 1.54) is 0 Å². The maximum atomic E-state index is 5.81. The molecular formula is C22H24N4O2. The molecule has 0 aliphatic carbocycles. The van der Waals surface area contributed by atoms with E-state index in [2.05, 4.69) is 28.4 Å². The highest BCUT2D eigenvalue weighted by atomic mass is 16.5. The Morgan fingerprint density at radius 3 is 2.07 bits per heavy atom. The summed E-state index contributed by atoms with van der Waals surface area (Å²) in [5.74, 6) is 1.34. The molecule has 0 saturated heterocycles. The molecular weight excluding hydrogens is 352 g/mol. The van der Waals surface area contributed by atoms with Gasteiger partial charge in [0.2, 0.25) is 0 Å². The Labute approximate surface area is 165 Å². The van der Waals surface area contributed by atoms with E-state index in [4.69, 9.17) is 15.2 Å². The molecule has 6 heteroatoms. The van der Waals surface area contributed by atoms with Crippen molar-refractivity contribution < 1.29 is 9.47 Å². The average Bonchev–Trinajstić information content (AvgIpc) is 2.72. The summed E-state index contributed by atoms with van der Waals surface area (Å²) in [6.07, 6.45) is 0. The summed E-state index contributed by atoms with van der Waals surface area (Å²) < 4.78 is 11.2. The number of para-hydroxylation sites is 2. The van der Waals surface area contributed by atoms with Gasteiger partial charge in [-0.15, -0.1) is 10.2 Å². The highest BCUT2D eigenvalue weighted by molar-refractivity contribution is 5.72. The van der Waals surface area contributed by atoms with Crippen molar-refractivity contribution in [3.05, 3.63) is 72.8 Å². The molecule has 0 aromatic heterocycles. The van der Waals surface area contributed by atoms with Crippen molar-refractivity contribution in [2.24, 2.45) is 10.2 Å². The summed E-state index contributed by atoms with van der Waals surface area (Å²) in [7, 11) is 3.97. The maximum absolute atomic E-state index is 5.81. The molecule has 2 N–H and O–H groups in total. The molecule has 3 aromatic carbocycles. The first-order valence-corrected chi connectivity index (χ1v) is 8.95. The van der Waals surface area contributed by atoms with Crippen LogP contribution >= 0.6 is 0 Å². The summed E-state index contributed by atoms with van der Waals surface area (Å²) >= 11 is 0. The molecule has 0 aliphatic rings. The van der Waals surface area contributed by atoms with Gasteiger partial charge in [-0.05, 0) is 35.4 Å². The Hall–Kier alpha value is -3.54. The summed E-state index contributed by atoms with van der Waals surface area (Å²) in [5.41, 5.74) is 9.65. The highest BCUT2D eigenvalue weighted by Crippen LogP contribution is 2.32. The summed E-state index contributed by atoms with van der Waals surface area (Å²) in [5, 5.41) is 7.98. The van der Waals surface area contributed by atoms with Crippen LogP contribution in [0.15, 0.2) is 83.0 Å². The van der Waals surface area contributed by atoms with Crippen molar-refractivity contribution in [2.45, 2.75) is 0 Å². The largest absolute Gasteiger partial charge is 0.467 e. The molecule has 3 aromatic rings. The fraction of sp³-hybridized carbons (Fsp3) is 0.182. The highest BCUT2D eigenvalue weighted by Gasteiger charge is 2.08. The Kier molecular flexibility index (Phi) is 6.46. The monoisotopic (exact) mass is 376 g/mol. The second-order valence-electron chi connectivity index (χ2n) is 6.31. The van der Waals surface area contributed by atoms with Gasteiger partial charge in [-0.25, -0.2) is 0 Å². The average molecular weight is 376 g/mol. The molecule has 0 bridgehead atoms. The SMILES string of the molecule is CN(C)c1cc(-c2ccccc2)ccc1OCN=NCOc1ccccc1N. The van der Waals surface area contributed by atoms with Crippen molar-refractivity contribution in [3.8, 4) is 22.6 Å². The fourth-order valence-corrected chi connectivity index (χ4v) is 2.69. The van der Waals surface area contributed by atoms with E-state index < -0.39 is 0 Å². The van der Waals surface area contributed by atoms with Gasteiger partial charge < -0.3 is 20.1 Å². The Bertz CT molecular complexity index is 927. The first kappa shape index (κ1) is 19.2. The Balaban J connectivity index is 1.58. The number of nitrogens with zero attached hydrogens (tertiary/aromatic N) is 3. The van der Waals surface area contributed by atoms with E-state index in [-0.39, 0.29) is 13.5 Å². The smallest absolute Gasteiger partial charge is 0.198 e. The van der Waals surface area contributed by atoms with Crippen LogP contribution in [0.4, 0.5) is 11.4 Å². The molecule has 0 aliphatic heterocycles. The third-order valence-corrected chi connectivity index (χ3v) is 4.12. The normalized spacial score (nSPS) is 10.8. The quantitative estimate of drug-likeness (QED) is 0.452. The van der Waals surface area contributed by atoms with Crippen LogP contribution in [-0.2, 0) is 0 Å². The van der Waals surface area contributed by atoms with E-state index in [0.717, 1.165) is 22.6 Å². The zero-order valence-electron chi connectivity index (χ0n) is 16.1. The van der Waals surface area contributed by atoms with Gasteiger partial charge in [-0.3, -0.25) is 0 Å². The number of nitrogen functional groups attached to an aromatic ring is 1. The molecule has 28 heavy (non-hydrogen) atoms. The standard InChI is InChI=1S/C22H24N4O2/c1-26(2)20-14-18(17-8-4-3-5-9-17)12-13-22(20)28-16-25-24-15-27-21-11-7-6-10-19(21)23/h3-14H,15-16,23H2,1-2H3. The lowest BCUT2D eigenvalue weighted by atomic mass is 10.0. The molecule has 0 spiro atoms. The topological polar surface area (TPSA) is 72.4 Å². The number of azo groups is 1. The van der Waals surface area contributed by atoms with E-state index in [1.54, 1.807) is 12.1 Å². The minimum atomic E-state index is 0.0883. The van der Waals surface area contributed by atoms with E-state index in [9.17, 15) is 0 Å². The van der Waals surface area contributed by atoms with Crippen molar-refractivity contribution >= 4 is 11.4 Å². The number of anilines is 2. The van der Waals surface area contributed by atoms with Gasteiger partial charge >= 0.3 is 0 Å². The minimum Gasteiger partial charge on any atom is -0.467 e. The molecule has 3 rings (SSSR count). The molecule has 0 saturated carbocycles. The Morgan fingerprint density at radius 2 is 1.39 bits per heavy atom. The summed E-state index contributed by atoms with van der Waals surface area (Å²) in [6, 6.07) is 23.6. The summed E-state index contributed by atoms with van der Waals surface area (Å²) in [4.78, 5) is 2.01. The zero-order chi connectivity index (χ0) is 19.8. The van der Waals surface area contributed by atoms with Crippen LogP contribution in [0.3, 0.4) is 0 Å². The van der Waals surface area contributed by atoms with Crippen molar-refractivity contribution in [1.82, 2.24) is 0 Å². The zero-order valence-corrected chi connectivity index (χ0v) is 16.1. The molecule has 0 heterocycles. The van der Waals surface area contributed by atoms with Gasteiger partial charge in [0, 0.05) is 14.1 Å². The number of hydrogen-bond acceptors (Lipinski definition) is 6. The minimum absolute atomic E-state index is 0.0883. The number of benzene rings is 3. The van der Waals surface area contributed by atoms with Gasteiger partial charge in [0.1, 0.15) is 11.5 Å². The lowest BCUT2D eigenvalue weighted by Gasteiger charge is -2.18. The fourth-order valence-electron chi connectivity index (χ4n) is 2.69. The molecule has 0 atom stereocenters. The third kappa shape index (κ3) is 5.01. The van der Waals surface area contributed by atoms with Crippen LogP contribution in [0.1, 0.15) is 0 Å². The van der Waals surface area contributed by atoms with Crippen LogP contribution in [0.5, 0.6) is 11.5 Å². The van der Waals surface area contributed by atoms with Crippen molar-refractivity contribution in [3.63, 3.8) is 0 Å². The van der Waals surface area contributed by atoms with Gasteiger partial charge in [-0.2, -0.15) is 0 Å². The molecule has 0 fully saturated rings. The van der Waals surface area contributed by atoms with Crippen molar-refractivity contribution in [2.75, 3.05) is 38.2 Å². The van der Waals surface area contributed by atoms with E-state index >= 15 is 0 Å². The van der Waals surface area contributed by atoms with E-state index in [0.29, 0.717) is 11.4 Å². The number of rotatable bonds is 8. The van der Waals surface area contributed by atoms with Crippen molar-refractivity contribution in [1.29, 1.82) is 0 Å². The van der Waals surface area contributed by atoms with Crippen LogP contribution in [-0.4, -0.2) is 27.6 Å². The Morgan fingerprint density at radius 1 is 0.750 bits per heavy atom. The first-order valence-electron chi connectivity index (χ1n) is 8.95. The number of ether oxygens (including phenoxy) is 2. The molecule has 0 amide bonds. The molecule has 0 radical (unpaired) electrons. The predicted octanol–water partition coefficient (Wildman–Crippen LogP) is 4.83. The second kappa shape index (κ2) is 9.41.